The molecule has 0 bridgehead atoms. The lowest BCUT2D eigenvalue weighted by atomic mass is 10.2. The van der Waals surface area contributed by atoms with E-state index in [9.17, 15) is 4.79 Å². The first-order chi connectivity index (χ1) is 9.65. The first-order valence-corrected chi connectivity index (χ1v) is 6.62. The van der Waals surface area contributed by atoms with Crippen LogP contribution >= 0.6 is 0 Å². The first-order valence-electron chi connectivity index (χ1n) is 6.62. The van der Waals surface area contributed by atoms with E-state index in [4.69, 9.17) is 5.11 Å². The van der Waals surface area contributed by atoms with Gasteiger partial charge in [0.2, 0.25) is 0 Å². The van der Waals surface area contributed by atoms with E-state index in [2.05, 4.69) is 29.1 Å². The molecule has 0 atom stereocenters. The summed E-state index contributed by atoms with van der Waals surface area (Å²) in [5, 5.41) is 16.6. The van der Waals surface area contributed by atoms with Crippen LogP contribution in [0.1, 0.15) is 19.5 Å². The molecular weight excluding hydrogens is 256 g/mol. The van der Waals surface area contributed by atoms with Crippen molar-refractivity contribution in [1.82, 2.24) is 15.0 Å². The summed E-state index contributed by atoms with van der Waals surface area (Å²) in [4.78, 5) is 13.0. The normalized spacial score (nSPS) is 10.5. The van der Waals surface area contributed by atoms with E-state index in [1.54, 1.807) is 4.68 Å². The summed E-state index contributed by atoms with van der Waals surface area (Å²) in [7, 11) is 0. The molecule has 0 spiro atoms. The Bertz CT molecular complexity index is 573. The summed E-state index contributed by atoms with van der Waals surface area (Å²) in [5.41, 5.74) is 2.52. The number of anilines is 1. The first kappa shape index (κ1) is 14.0. The van der Waals surface area contributed by atoms with Gasteiger partial charge in [0.25, 0.3) is 0 Å². The van der Waals surface area contributed by atoms with Gasteiger partial charge in [-0.05, 0) is 38.1 Å². The number of aliphatic carboxylic acids is 1. The van der Waals surface area contributed by atoms with Crippen LogP contribution in [0.4, 0.5) is 5.69 Å². The Kier molecular flexibility index (Phi) is 4.34. The molecule has 1 aromatic heterocycles. The van der Waals surface area contributed by atoms with Gasteiger partial charge < -0.3 is 10.0 Å². The molecule has 0 saturated heterocycles. The molecule has 1 N–H and O–H groups in total. The highest BCUT2D eigenvalue weighted by Crippen LogP contribution is 2.17. The molecule has 106 valence electrons. The summed E-state index contributed by atoms with van der Waals surface area (Å²) in [6, 6.07) is 7.87. The Morgan fingerprint density at radius 2 is 1.90 bits per heavy atom. The summed E-state index contributed by atoms with van der Waals surface area (Å²) in [5.74, 6) is -0.895. The predicted molar refractivity (Wildman–Crippen MR) is 76.3 cm³/mol. The predicted octanol–water partition coefficient (Wildman–Crippen LogP) is 1.74. The lowest BCUT2D eigenvalue weighted by Crippen LogP contribution is -2.21. The fourth-order valence-corrected chi connectivity index (χ4v) is 2.14. The Morgan fingerprint density at radius 3 is 2.45 bits per heavy atom. The summed E-state index contributed by atoms with van der Waals surface area (Å²) < 4.78 is 1.56. The molecule has 1 heterocycles. The number of carboxylic acid groups (broad SMARTS) is 1. The Balaban J connectivity index is 2.26. The SMILES string of the molecule is CCN(CC)c1ccc(-n2nncc2CC(=O)O)cc1. The van der Waals surface area contributed by atoms with Crippen LogP contribution in [0.2, 0.25) is 0 Å². The fourth-order valence-electron chi connectivity index (χ4n) is 2.14. The van der Waals surface area contributed by atoms with Gasteiger partial charge in [-0.2, -0.15) is 0 Å². The minimum absolute atomic E-state index is 0.0925. The molecule has 0 unspecified atom stereocenters. The average molecular weight is 274 g/mol. The van der Waals surface area contributed by atoms with Crippen molar-refractivity contribution >= 4 is 11.7 Å². The van der Waals surface area contributed by atoms with Crippen molar-refractivity contribution in [3.8, 4) is 5.69 Å². The molecule has 0 amide bonds. The second kappa shape index (κ2) is 6.18. The average Bonchev–Trinajstić information content (AvgIpc) is 2.88. The molecule has 20 heavy (non-hydrogen) atoms. The number of benzene rings is 1. The van der Waals surface area contributed by atoms with Crippen molar-refractivity contribution in [2.24, 2.45) is 0 Å². The van der Waals surface area contributed by atoms with Crippen molar-refractivity contribution in [1.29, 1.82) is 0 Å². The molecular formula is C14H18N4O2. The van der Waals surface area contributed by atoms with Crippen molar-refractivity contribution in [2.45, 2.75) is 20.3 Å². The lowest BCUT2D eigenvalue weighted by Gasteiger charge is -2.21. The molecule has 2 aromatic rings. The third-order valence-corrected chi connectivity index (χ3v) is 3.18. The molecule has 6 nitrogen and oxygen atoms in total. The molecule has 0 saturated carbocycles. The maximum absolute atomic E-state index is 10.8. The van der Waals surface area contributed by atoms with Crippen molar-refractivity contribution in [3.63, 3.8) is 0 Å². The third kappa shape index (κ3) is 2.96. The van der Waals surface area contributed by atoms with E-state index in [0.717, 1.165) is 24.5 Å². The molecule has 0 aliphatic heterocycles. The van der Waals surface area contributed by atoms with E-state index in [1.165, 1.54) is 6.20 Å². The second-order valence-electron chi connectivity index (χ2n) is 4.40. The van der Waals surface area contributed by atoms with Crippen LogP contribution in [0, 0.1) is 0 Å². The standard InChI is InChI=1S/C14H18N4O2/c1-3-17(4-2)11-5-7-12(8-6-11)18-13(9-14(19)20)10-15-16-18/h5-8,10H,3-4,9H2,1-2H3,(H,19,20). The minimum atomic E-state index is -0.895. The van der Waals surface area contributed by atoms with Crippen LogP contribution in [0.15, 0.2) is 30.5 Å². The monoisotopic (exact) mass is 274 g/mol. The number of hydrogen-bond acceptors (Lipinski definition) is 4. The van der Waals surface area contributed by atoms with Gasteiger partial charge in [0, 0.05) is 18.8 Å². The highest BCUT2D eigenvalue weighted by molar-refractivity contribution is 5.69. The van der Waals surface area contributed by atoms with Crippen LogP contribution in [-0.2, 0) is 11.2 Å². The third-order valence-electron chi connectivity index (χ3n) is 3.18. The van der Waals surface area contributed by atoms with Crippen molar-refractivity contribution < 1.29 is 9.90 Å². The van der Waals surface area contributed by atoms with Crippen LogP contribution in [0.5, 0.6) is 0 Å². The van der Waals surface area contributed by atoms with Crippen molar-refractivity contribution in [3.05, 3.63) is 36.2 Å². The quantitative estimate of drug-likeness (QED) is 0.868. The summed E-state index contributed by atoms with van der Waals surface area (Å²) in [6.07, 6.45) is 1.39. The fraction of sp³-hybridized carbons (Fsp3) is 0.357. The zero-order valence-corrected chi connectivity index (χ0v) is 11.7. The van der Waals surface area contributed by atoms with Gasteiger partial charge in [0.05, 0.1) is 24.0 Å². The van der Waals surface area contributed by atoms with Gasteiger partial charge in [-0.25, -0.2) is 4.68 Å². The highest BCUT2D eigenvalue weighted by Gasteiger charge is 2.10. The highest BCUT2D eigenvalue weighted by atomic mass is 16.4. The Hall–Kier alpha value is -2.37. The van der Waals surface area contributed by atoms with E-state index in [0.29, 0.717) is 5.69 Å². The molecule has 0 radical (unpaired) electrons. The van der Waals surface area contributed by atoms with Crippen LogP contribution in [0.25, 0.3) is 5.69 Å². The smallest absolute Gasteiger partial charge is 0.309 e. The summed E-state index contributed by atoms with van der Waals surface area (Å²) >= 11 is 0. The molecule has 0 aliphatic carbocycles. The molecule has 1 aromatic carbocycles. The molecule has 2 rings (SSSR count). The van der Waals surface area contributed by atoms with Crippen LogP contribution < -0.4 is 4.90 Å². The maximum Gasteiger partial charge on any atom is 0.309 e. The Morgan fingerprint density at radius 1 is 1.25 bits per heavy atom. The van der Waals surface area contributed by atoms with E-state index < -0.39 is 5.97 Å². The van der Waals surface area contributed by atoms with Gasteiger partial charge in [-0.3, -0.25) is 4.79 Å². The van der Waals surface area contributed by atoms with Crippen molar-refractivity contribution in [2.75, 3.05) is 18.0 Å². The minimum Gasteiger partial charge on any atom is -0.481 e. The molecule has 0 aliphatic rings. The van der Waals surface area contributed by atoms with Crippen LogP contribution in [-0.4, -0.2) is 39.2 Å². The number of aromatic nitrogens is 3. The van der Waals surface area contributed by atoms with E-state index in [-0.39, 0.29) is 6.42 Å². The maximum atomic E-state index is 10.8. The second-order valence-corrected chi connectivity index (χ2v) is 4.40. The van der Waals surface area contributed by atoms with Gasteiger partial charge in [0.1, 0.15) is 0 Å². The Labute approximate surface area is 117 Å². The largest absolute Gasteiger partial charge is 0.481 e. The van der Waals surface area contributed by atoms with E-state index >= 15 is 0 Å². The number of rotatable bonds is 6. The van der Waals surface area contributed by atoms with Gasteiger partial charge in [0.15, 0.2) is 0 Å². The van der Waals surface area contributed by atoms with Gasteiger partial charge in [-0.1, -0.05) is 5.21 Å². The zero-order valence-electron chi connectivity index (χ0n) is 11.7. The number of carbonyl (C=O) groups is 1. The lowest BCUT2D eigenvalue weighted by molar-refractivity contribution is -0.136. The number of hydrogen-bond donors (Lipinski definition) is 1. The van der Waals surface area contributed by atoms with Gasteiger partial charge >= 0.3 is 5.97 Å². The summed E-state index contributed by atoms with van der Waals surface area (Å²) in [6.45, 7) is 6.12. The zero-order chi connectivity index (χ0) is 14.5. The van der Waals surface area contributed by atoms with E-state index in [1.807, 2.05) is 24.3 Å². The van der Waals surface area contributed by atoms with Gasteiger partial charge in [-0.15, -0.1) is 5.10 Å². The molecule has 6 heteroatoms. The van der Waals surface area contributed by atoms with Crippen LogP contribution in [0.3, 0.4) is 0 Å². The number of nitrogens with zero attached hydrogens (tertiary/aromatic N) is 4. The topological polar surface area (TPSA) is 71.2 Å². The number of carboxylic acids is 1. The molecule has 0 fully saturated rings.